The molecule has 0 heterocycles. The van der Waals surface area contributed by atoms with Gasteiger partial charge in [-0.2, -0.15) is 5.26 Å². The summed E-state index contributed by atoms with van der Waals surface area (Å²) < 4.78 is 13.6. The molecule has 4 heteroatoms. The maximum absolute atomic E-state index is 13.6. The first kappa shape index (κ1) is 13.5. The molecule has 0 aliphatic rings. The predicted octanol–water partition coefficient (Wildman–Crippen LogP) is 2.30. The maximum atomic E-state index is 13.6. The number of hydrogen-bond acceptors (Lipinski definition) is 3. The van der Waals surface area contributed by atoms with Crippen molar-refractivity contribution < 1.29 is 9.50 Å². The van der Waals surface area contributed by atoms with E-state index >= 15 is 0 Å². The molecule has 0 bridgehead atoms. The van der Waals surface area contributed by atoms with Crippen LogP contribution >= 0.6 is 0 Å². The highest BCUT2D eigenvalue weighted by Crippen LogP contribution is 2.19. The van der Waals surface area contributed by atoms with Gasteiger partial charge in [0.15, 0.2) is 0 Å². The molecule has 0 amide bonds. The number of benzene rings is 1. The van der Waals surface area contributed by atoms with Gasteiger partial charge in [-0.25, -0.2) is 4.39 Å². The van der Waals surface area contributed by atoms with Crippen LogP contribution in [0.2, 0.25) is 0 Å². The molecule has 0 fully saturated rings. The molecule has 1 N–H and O–H groups in total. The summed E-state index contributed by atoms with van der Waals surface area (Å²) in [6.07, 6.45) is 2.62. The normalized spacial score (nSPS) is 10.0. The Bertz CT molecular complexity index is 401. The molecule has 0 aromatic heterocycles. The van der Waals surface area contributed by atoms with Crippen molar-refractivity contribution in [2.45, 2.75) is 19.3 Å². The van der Waals surface area contributed by atoms with Crippen molar-refractivity contribution in [1.29, 1.82) is 5.26 Å². The molecular formula is C13H17FN2O. The molecule has 0 saturated heterocycles. The Hall–Kier alpha value is -1.60. The van der Waals surface area contributed by atoms with E-state index in [2.05, 4.69) is 0 Å². The van der Waals surface area contributed by atoms with Crippen LogP contribution in [0.3, 0.4) is 0 Å². The Balaban J connectivity index is 2.57. The molecule has 0 unspecified atom stereocenters. The minimum absolute atomic E-state index is 0.203. The largest absolute Gasteiger partial charge is 0.396 e. The first-order chi connectivity index (χ1) is 8.19. The van der Waals surface area contributed by atoms with Crippen molar-refractivity contribution in [3.8, 4) is 6.07 Å². The Labute approximate surface area is 101 Å². The van der Waals surface area contributed by atoms with E-state index in [0.717, 1.165) is 25.8 Å². The van der Waals surface area contributed by atoms with Crippen LogP contribution in [-0.2, 0) is 0 Å². The lowest BCUT2D eigenvalue weighted by molar-refractivity contribution is 0.283. The number of aliphatic hydroxyl groups excluding tert-OH is 1. The van der Waals surface area contributed by atoms with Gasteiger partial charge in [-0.1, -0.05) is 0 Å². The van der Waals surface area contributed by atoms with Crippen LogP contribution in [0.1, 0.15) is 24.8 Å². The number of nitriles is 1. The zero-order valence-corrected chi connectivity index (χ0v) is 9.99. The fourth-order valence-corrected chi connectivity index (χ4v) is 1.64. The van der Waals surface area contributed by atoms with Crippen LogP contribution in [0.4, 0.5) is 10.1 Å². The fourth-order valence-electron chi connectivity index (χ4n) is 1.64. The van der Waals surface area contributed by atoms with E-state index in [1.54, 1.807) is 12.1 Å². The maximum Gasteiger partial charge on any atom is 0.147 e. The SMILES string of the molecule is CN(CCCCCO)c1ccc(C#N)cc1F. The number of anilines is 1. The quantitative estimate of drug-likeness (QED) is 0.771. The van der Waals surface area contributed by atoms with E-state index in [9.17, 15) is 4.39 Å². The fraction of sp³-hybridized carbons (Fsp3) is 0.462. The van der Waals surface area contributed by atoms with Gasteiger partial charge < -0.3 is 10.0 Å². The molecule has 17 heavy (non-hydrogen) atoms. The van der Waals surface area contributed by atoms with Crippen LogP contribution in [0.15, 0.2) is 18.2 Å². The minimum atomic E-state index is -0.367. The summed E-state index contributed by atoms with van der Waals surface area (Å²) in [5.41, 5.74) is 0.841. The molecule has 0 atom stereocenters. The molecule has 1 aromatic carbocycles. The van der Waals surface area contributed by atoms with Crippen LogP contribution in [-0.4, -0.2) is 25.3 Å². The third-order valence-electron chi connectivity index (χ3n) is 2.64. The minimum Gasteiger partial charge on any atom is -0.396 e. The summed E-state index contributed by atoms with van der Waals surface area (Å²) in [5.74, 6) is -0.367. The van der Waals surface area contributed by atoms with E-state index in [1.807, 2.05) is 18.0 Å². The van der Waals surface area contributed by atoms with Crippen LogP contribution in [0.5, 0.6) is 0 Å². The highest BCUT2D eigenvalue weighted by molar-refractivity contribution is 5.50. The van der Waals surface area contributed by atoms with Crippen LogP contribution in [0.25, 0.3) is 0 Å². The molecule has 0 radical (unpaired) electrons. The number of hydrogen-bond donors (Lipinski definition) is 1. The summed E-state index contributed by atoms with van der Waals surface area (Å²) in [5, 5.41) is 17.3. The summed E-state index contributed by atoms with van der Waals surface area (Å²) in [6, 6.07) is 6.40. The van der Waals surface area contributed by atoms with Gasteiger partial charge in [-0.05, 0) is 37.5 Å². The van der Waals surface area contributed by atoms with E-state index in [-0.39, 0.29) is 12.4 Å². The Morgan fingerprint density at radius 3 is 2.71 bits per heavy atom. The molecule has 3 nitrogen and oxygen atoms in total. The second-order valence-corrected chi connectivity index (χ2v) is 3.98. The number of rotatable bonds is 6. The molecule has 0 saturated carbocycles. The molecule has 0 spiro atoms. The highest BCUT2D eigenvalue weighted by atomic mass is 19.1. The second kappa shape index (κ2) is 6.87. The summed E-state index contributed by atoms with van der Waals surface area (Å²) in [7, 11) is 1.82. The second-order valence-electron chi connectivity index (χ2n) is 3.98. The predicted molar refractivity (Wildman–Crippen MR) is 65.3 cm³/mol. The monoisotopic (exact) mass is 236 g/mol. The lowest BCUT2D eigenvalue weighted by atomic mass is 10.2. The average molecular weight is 236 g/mol. The number of aliphatic hydroxyl groups is 1. The third kappa shape index (κ3) is 4.04. The van der Waals surface area contributed by atoms with E-state index in [1.165, 1.54) is 6.07 Å². The third-order valence-corrected chi connectivity index (χ3v) is 2.64. The van der Waals surface area contributed by atoms with Crippen molar-refractivity contribution in [2.75, 3.05) is 25.1 Å². The molecule has 1 aromatic rings. The van der Waals surface area contributed by atoms with Gasteiger partial charge in [0.05, 0.1) is 17.3 Å². The number of nitrogens with zero attached hydrogens (tertiary/aromatic N) is 2. The number of halogens is 1. The summed E-state index contributed by atoms with van der Waals surface area (Å²) >= 11 is 0. The lowest BCUT2D eigenvalue weighted by Crippen LogP contribution is -2.19. The average Bonchev–Trinajstić information content (AvgIpc) is 2.34. The number of unbranched alkanes of at least 4 members (excludes halogenated alkanes) is 2. The van der Waals surface area contributed by atoms with Gasteiger partial charge in [0.25, 0.3) is 0 Å². The molecule has 0 aliphatic heterocycles. The summed E-state index contributed by atoms with van der Waals surface area (Å²) in [6.45, 7) is 0.942. The van der Waals surface area contributed by atoms with E-state index < -0.39 is 0 Å². The van der Waals surface area contributed by atoms with E-state index in [0.29, 0.717) is 11.3 Å². The topological polar surface area (TPSA) is 47.3 Å². The molecule has 0 aliphatic carbocycles. The Kier molecular flexibility index (Phi) is 5.44. The standard InChI is InChI=1S/C13H17FN2O/c1-16(7-3-2-4-8-17)13-6-5-11(10-15)9-12(13)14/h5-6,9,17H,2-4,7-8H2,1H3. The molecule has 1 rings (SSSR count). The Morgan fingerprint density at radius 1 is 1.35 bits per heavy atom. The van der Waals surface area contributed by atoms with Gasteiger partial charge in [-0.3, -0.25) is 0 Å². The van der Waals surface area contributed by atoms with Crippen LogP contribution < -0.4 is 4.90 Å². The first-order valence-electron chi connectivity index (χ1n) is 5.70. The van der Waals surface area contributed by atoms with Crippen molar-refractivity contribution >= 4 is 5.69 Å². The molecule has 92 valence electrons. The van der Waals surface area contributed by atoms with E-state index in [4.69, 9.17) is 10.4 Å². The van der Waals surface area contributed by atoms with Crippen molar-refractivity contribution in [3.05, 3.63) is 29.6 Å². The van der Waals surface area contributed by atoms with Gasteiger partial charge in [0, 0.05) is 20.2 Å². The first-order valence-corrected chi connectivity index (χ1v) is 5.70. The van der Waals surface area contributed by atoms with Gasteiger partial charge in [-0.15, -0.1) is 0 Å². The lowest BCUT2D eigenvalue weighted by Gasteiger charge is -2.19. The van der Waals surface area contributed by atoms with Gasteiger partial charge in [0.2, 0.25) is 0 Å². The zero-order chi connectivity index (χ0) is 12.7. The van der Waals surface area contributed by atoms with Crippen molar-refractivity contribution in [1.82, 2.24) is 0 Å². The van der Waals surface area contributed by atoms with Crippen molar-refractivity contribution in [3.63, 3.8) is 0 Å². The highest BCUT2D eigenvalue weighted by Gasteiger charge is 2.07. The Morgan fingerprint density at radius 2 is 2.12 bits per heavy atom. The van der Waals surface area contributed by atoms with Crippen LogP contribution in [0, 0.1) is 17.1 Å². The zero-order valence-electron chi connectivity index (χ0n) is 9.99. The van der Waals surface area contributed by atoms with Gasteiger partial charge >= 0.3 is 0 Å². The summed E-state index contributed by atoms with van der Waals surface area (Å²) in [4.78, 5) is 1.83. The van der Waals surface area contributed by atoms with Crippen molar-refractivity contribution in [2.24, 2.45) is 0 Å². The smallest absolute Gasteiger partial charge is 0.147 e. The van der Waals surface area contributed by atoms with Gasteiger partial charge in [0.1, 0.15) is 5.82 Å². The molecular weight excluding hydrogens is 219 g/mol.